The number of nitro benzene ring substituents is 1. The Bertz CT molecular complexity index is 962. The minimum atomic E-state index is -0.518. The van der Waals surface area contributed by atoms with E-state index < -0.39 is 16.9 Å². The van der Waals surface area contributed by atoms with Gasteiger partial charge in [-0.3, -0.25) is 19.7 Å². The monoisotopic (exact) mass is 378 g/mol. The van der Waals surface area contributed by atoms with E-state index in [9.17, 15) is 19.7 Å². The zero-order chi connectivity index (χ0) is 19.4. The number of hydrazine groups is 1. The molecule has 5 rings (SSSR count). The number of non-ortho nitro benzene ring substituents is 1. The summed E-state index contributed by atoms with van der Waals surface area (Å²) in [5, 5.41) is 15.1. The second-order valence-corrected chi connectivity index (χ2v) is 7.29. The van der Waals surface area contributed by atoms with Crippen molar-refractivity contribution < 1.29 is 14.5 Å². The molecule has 3 saturated heterocycles. The van der Waals surface area contributed by atoms with Gasteiger partial charge in [0.2, 0.25) is 5.91 Å². The Hall–Kier alpha value is -3.10. The van der Waals surface area contributed by atoms with Crippen molar-refractivity contribution in [1.82, 2.24) is 10.0 Å². The number of imide groups is 1. The van der Waals surface area contributed by atoms with Crippen LogP contribution in [0, 0.1) is 16.0 Å². The van der Waals surface area contributed by atoms with Crippen LogP contribution < -0.4 is 4.90 Å². The lowest BCUT2D eigenvalue weighted by atomic mass is 9.90. The van der Waals surface area contributed by atoms with Crippen LogP contribution in [-0.2, 0) is 9.59 Å². The van der Waals surface area contributed by atoms with E-state index in [1.54, 1.807) is 0 Å². The number of carbonyl (C=O) groups excluding carboxylic acids is 2. The molecule has 28 heavy (non-hydrogen) atoms. The molecule has 8 heteroatoms. The third kappa shape index (κ3) is 2.31. The minimum absolute atomic E-state index is 0.0732. The SMILES string of the molecule is O=C1[C@@H]2[C@@H](C(=O)N1c1ccc([N+](=O)[O-])cc1)N1CCCN1[C@H]2c1ccccc1. The molecular weight excluding hydrogens is 360 g/mol. The van der Waals surface area contributed by atoms with Crippen molar-refractivity contribution in [2.24, 2.45) is 5.92 Å². The normalized spacial score (nSPS) is 27.3. The van der Waals surface area contributed by atoms with Gasteiger partial charge in [-0.15, -0.1) is 0 Å². The largest absolute Gasteiger partial charge is 0.274 e. The molecule has 0 bridgehead atoms. The lowest BCUT2D eigenvalue weighted by Crippen LogP contribution is -2.44. The topological polar surface area (TPSA) is 87.0 Å². The first kappa shape index (κ1) is 17.0. The molecule has 2 aromatic carbocycles. The Labute approximate surface area is 161 Å². The van der Waals surface area contributed by atoms with Crippen molar-refractivity contribution >= 4 is 23.2 Å². The Morgan fingerprint density at radius 1 is 0.857 bits per heavy atom. The van der Waals surface area contributed by atoms with Gasteiger partial charge in [-0.1, -0.05) is 30.3 Å². The molecule has 0 radical (unpaired) electrons. The smallest absolute Gasteiger partial charge is 0.269 e. The van der Waals surface area contributed by atoms with Crippen molar-refractivity contribution in [2.45, 2.75) is 18.5 Å². The maximum Gasteiger partial charge on any atom is 0.269 e. The van der Waals surface area contributed by atoms with E-state index >= 15 is 0 Å². The van der Waals surface area contributed by atoms with E-state index in [1.807, 2.05) is 35.3 Å². The highest BCUT2D eigenvalue weighted by atomic mass is 16.6. The van der Waals surface area contributed by atoms with Gasteiger partial charge in [0.25, 0.3) is 11.6 Å². The Morgan fingerprint density at radius 2 is 1.50 bits per heavy atom. The van der Waals surface area contributed by atoms with Gasteiger partial charge in [0.15, 0.2) is 0 Å². The molecule has 2 amide bonds. The van der Waals surface area contributed by atoms with Crippen LogP contribution in [0.4, 0.5) is 11.4 Å². The number of nitro groups is 1. The van der Waals surface area contributed by atoms with Crippen LogP contribution in [0.5, 0.6) is 0 Å². The van der Waals surface area contributed by atoms with Crippen molar-refractivity contribution in [1.29, 1.82) is 0 Å². The summed E-state index contributed by atoms with van der Waals surface area (Å²) in [6.07, 6.45) is 0.950. The van der Waals surface area contributed by atoms with E-state index in [2.05, 4.69) is 5.01 Å². The molecule has 3 aliphatic rings. The molecule has 142 valence electrons. The summed E-state index contributed by atoms with van der Waals surface area (Å²) in [6, 6.07) is 14.7. The number of rotatable bonds is 3. The van der Waals surface area contributed by atoms with Gasteiger partial charge in [-0.2, -0.15) is 0 Å². The summed E-state index contributed by atoms with van der Waals surface area (Å²) in [7, 11) is 0. The number of hydrogen-bond donors (Lipinski definition) is 0. The van der Waals surface area contributed by atoms with Gasteiger partial charge in [-0.05, 0) is 24.1 Å². The number of fused-ring (bicyclic) bond motifs is 3. The highest BCUT2D eigenvalue weighted by molar-refractivity contribution is 6.24. The van der Waals surface area contributed by atoms with Gasteiger partial charge < -0.3 is 0 Å². The van der Waals surface area contributed by atoms with Crippen LogP contribution in [0.15, 0.2) is 54.6 Å². The Balaban J connectivity index is 1.54. The third-order valence-electron chi connectivity index (χ3n) is 5.87. The predicted molar refractivity (Wildman–Crippen MR) is 100 cm³/mol. The van der Waals surface area contributed by atoms with Crippen molar-refractivity contribution in [3.63, 3.8) is 0 Å². The molecule has 0 aliphatic carbocycles. The highest BCUT2D eigenvalue weighted by Gasteiger charge is 2.62. The van der Waals surface area contributed by atoms with Gasteiger partial charge in [0.1, 0.15) is 6.04 Å². The molecule has 0 spiro atoms. The zero-order valence-electron chi connectivity index (χ0n) is 15.0. The molecule has 2 aromatic rings. The third-order valence-corrected chi connectivity index (χ3v) is 5.87. The lowest BCUT2D eigenvalue weighted by molar-refractivity contribution is -0.384. The Morgan fingerprint density at radius 3 is 2.14 bits per heavy atom. The highest BCUT2D eigenvalue weighted by Crippen LogP contribution is 2.48. The number of amides is 2. The van der Waals surface area contributed by atoms with E-state index in [-0.39, 0.29) is 23.5 Å². The van der Waals surface area contributed by atoms with Crippen molar-refractivity contribution in [3.8, 4) is 0 Å². The van der Waals surface area contributed by atoms with Crippen LogP contribution in [-0.4, -0.2) is 45.9 Å². The number of hydrogen-bond acceptors (Lipinski definition) is 6. The van der Waals surface area contributed by atoms with E-state index in [4.69, 9.17) is 0 Å². The number of nitrogens with zero attached hydrogens (tertiary/aromatic N) is 4. The summed E-state index contributed by atoms with van der Waals surface area (Å²) in [5.41, 5.74) is 1.33. The quantitative estimate of drug-likeness (QED) is 0.462. The zero-order valence-corrected chi connectivity index (χ0v) is 15.0. The number of benzene rings is 2. The molecule has 0 unspecified atom stereocenters. The first-order valence-electron chi connectivity index (χ1n) is 9.28. The summed E-state index contributed by atoms with van der Waals surface area (Å²) >= 11 is 0. The minimum Gasteiger partial charge on any atom is -0.274 e. The maximum absolute atomic E-state index is 13.3. The molecule has 3 fully saturated rings. The fraction of sp³-hybridized carbons (Fsp3) is 0.300. The number of carbonyl (C=O) groups is 2. The average molecular weight is 378 g/mol. The standard InChI is InChI=1S/C20H18N4O4/c25-19-16-17(13-5-2-1-3-6-13)21-11-4-12-22(21)18(16)20(26)23(19)14-7-9-15(10-8-14)24(27)28/h1-3,5-10,16-18H,4,11-12H2/t16-,17-,18-/m0/s1. The summed E-state index contributed by atoms with van der Waals surface area (Å²) < 4.78 is 0. The van der Waals surface area contributed by atoms with Crippen LogP contribution in [0.25, 0.3) is 0 Å². The maximum atomic E-state index is 13.3. The van der Waals surface area contributed by atoms with Crippen LogP contribution in [0.2, 0.25) is 0 Å². The van der Waals surface area contributed by atoms with Crippen molar-refractivity contribution in [2.75, 3.05) is 18.0 Å². The first-order valence-corrected chi connectivity index (χ1v) is 9.28. The van der Waals surface area contributed by atoms with Crippen LogP contribution >= 0.6 is 0 Å². The average Bonchev–Trinajstić information content (AvgIpc) is 3.35. The number of anilines is 1. The fourth-order valence-corrected chi connectivity index (χ4v) is 4.74. The van der Waals surface area contributed by atoms with Gasteiger partial charge in [0.05, 0.1) is 22.6 Å². The van der Waals surface area contributed by atoms with E-state index in [0.717, 1.165) is 25.1 Å². The molecular formula is C20H18N4O4. The molecule has 0 saturated carbocycles. The van der Waals surface area contributed by atoms with Gasteiger partial charge >= 0.3 is 0 Å². The summed E-state index contributed by atoms with van der Waals surface area (Å²) in [6.45, 7) is 1.57. The molecule has 3 atom stereocenters. The second-order valence-electron chi connectivity index (χ2n) is 7.29. The summed E-state index contributed by atoms with van der Waals surface area (Å²) in [4.78, 5) is 38.2. The lowest BCUT2D eigenvalue weighted by Gasteiger charge is -2.29. The van der Waals surface area contributed by atoms with Gasteiger partial charge in [0, 0.05) is 25.2 Å². The van der Waals surface area contributed by atoms with E-state index in [0.29, 0.717) is 5.69 Å². The molecule has 0 aromatic heterocycles. The predicted octanol–water partition coefficient (Wildman–Crippen LogP) is 2.13. The molecule has 8 nitrogen and oxygen atoms in total. The Kier molecular flexibility index (Phi) is 3.78. The molecule has 3 heterocycles. The summed E-state index contributed by atoms with van der Waals surface area (Å²) in [5.74, 6) is -0.980. The van der Waals surface area contributed by atoms with E-state index in [1.165, 1.54) is 29.2 Å². The first-order chi connectivity index (χ1) is 13.6. The second kappa shape index (κ2) is 6.22. The molecule has 0 N–H and O–H groups in total. The fourth-order valence-electron chi connectivity index (χ4n) is 4.74. The van der Waals surface area contributed by atoms with Crippen molar-refractivity contribution in [3.05, 3.63) is 70.3 Å². The molecule has 3 aliphatic heterocycles. The van der Waals surface area contributed by atoms with Gasteiger partial charge in [-0.25, -0.2) is 14.9 Å². The van der Waals surface area contributed by atoms with Crippen LogP contribution in [0.1, 0.15) is 18.0 Å². The van der Waals surface area contributed by atoms with Crippen LogP contribution in [0.3, 0.4) is 0 Å².